The van der Waals surface area contributed by atoms with Crippen LogP contribution >= 0.6 is 11.6 Å². The molecule has 0 aromatic heterocycles. The molecule has 0 aliphatic carbocycles. The number of nitrogens with one attached hydrogen (secondary N) is 1. The molecule has 0 bridgehead atoms. The molecule has 0 unspecified atom stereocenters. The molecule has 1 amide bonds. The van der Waals surface area contributed by atoms with Gasteiger partial charge < -0.3 is 25.3 Å². The molecule has 27 heavy (non-hydrogen) atoms. The zero-order valence-corrected chi connectivity index (χ0v) is 16.3. The fraction of sp³-hybridized carbons (Fsp3) is 0.350. The number of amides is 1. The summed E-state index contributed by atoms with van der Waals surface area (Å²) < 4.78 is 16.7. The van der Waals surface area contributed by atoms with E-state index >= 15 is 0 Å². The number of benzene rings is 2. The highest BCUT2D eigenvalue weighted by molar-refractivity contribution is 6.32. The fourth-order valence-corrected chi connectivity index (χ4v) is 2.59. The Labute approximate surface area is 164 Å². The second-order valence-electron chi connectivity index (χ2n) is 5.68. The van der Waals surface area contributed by atoms with Crippen LogP contribution in [0.1, 0.15) is 30.6 Å². The van der Waals surface area contributed by atoms with E-state index in [2.05, 4.69) is 5.32 Å². The van der Waals surface area contributed by atoms with Crippen molar-refractivity contribution >= 4 is 23.2 Å². The number of hydrogen-bond acceptors (Lipinski definition) is 5. The lowest BCUT2D eigenvalue weighted by atomic mass is 10.1. The van der Waals surface area contributed by atoms with E-state index in [9.17, 15) is 4.79 Å². The van der Waals surface area contributed by atoms with E-state index in [1.807, 2.05) is 13.8 Å². The van der Waals surface area contributed by atoms with Gasteiger partial charge in [-0.2, -0.15) is 0 Å². The molecule has 2 aromatic rings. The zero-order valence-electron chi connectivity index (χ0n) is 15.6. The number of nitrogens with two attached hydrogens (primary N) is 1. The Bertz CT molecular complexity index is 750. The largest absolute Gasteiger partial charge is 0.492 e. The highest BCUT2D eigenvalue weighted by Gasteiger charge is 2.16. The molecule has 6 nitrogen and oxygen atoms in total. The molecule has 0 heterocycles. The standard InChI is InChI=1S/C20H25ClN2O4/c1-3-10-27-19-17(21)12-14(13-18(19)25-4-2)20(24)23-15-5-7-16(8-6-15)26-11-9-22/h5-8,12-13H,3-4,9-11,22H2,1-2H3,(H,23,24). The van der Waals surface area contributed by atoms with E-state index in [1.165, 1.54) is 0 Å². The maximum absolute atomic E-state index is 12.6. The van der Waals surface area contributed by atoms with Crippen LogP contribution in [0.15, 0.2) is 36.4 Å². The van der Waals surface area contributed by atoms with E-state index in [1.54, 1.807) is 36.4 Å². The summed E-state index contributed by atoms with van der Waals surface area (Å²) in [5, 5.41) is 3.16. The summed E-state index contributed by atoms with van der Waals surface area (Å²) in [5.41, 5.74) is 6.43. The summed E-state index contributed by atoms with van der Waals surface area (Å²) in [6, 6.07) is 10.3. The Kier molecular flexibility index (Phi) is 8.23. The van der Waals surface area contributed by atoms with Crippen molar-refractivity contribution < 1.29 is 19.0 Å². The van der Waals surface area contributed by atoms with E-state index in [4.69, 9.17) is 31.5 Å². The van der Waals surface area contributed by atoms with Crippen molar-refractivity contribution in [2.24, 2.45) is 5.73 Å². The van der Waals surface area contributed by atoms with Crippen molar-refractivity contribution in [2.45, 2.75) is 20.3 Å². The highest BCUT2D eigenvalue weighted by atomic mass is 35.5. The summed E-state index contributed by atoms with van der Waals surface area (Å²) in [5.74, 6) is 1.31. The minimum Gasteiger partial charge on any atom is -0.492 e. The molecule has 0 saturated heterocycles. The summed E-state index contributed by atoms with van der Waals surface area (Å²) in [6.45, 7) is 5.70. The predicted molar refractivity (Wildman–Crippen MR) is 107 cm³/mol. The minimum absolute atomic E-state index is 0.296. The summed E-state index contributed by atoms with van der Waals surface area (Å²) in [4.78, 5) is 12.6. The number of halogens is 1. The Morgan fingerprint density at radius 1 is 1.07 bits per heavy atom. The Morgan fingerprint density at radius 2 is 1.81 bits per heavy atom. The topological polar surface area (TPSA) is 82.8 Å². The molecule has 3 N–H and O–H groups in total. The monoisotopic (exact) mass is 392 g/mol. The average molecular weight is 393 g/mol. The third-order valence-electron chi connectivity index (χ3n) is 3.52. The second kappa shape index (κ2) is 10.6. The minimum atomic E-state index is -0.296. The van der Waals surface area contributed by atoms with Gasteiger partial charge in [-0.1, -0.05) is 18.5 Å². The first kappa shape index (κ1) is 20.9. The lowest BCUT2D eigenvalue weighted by Crippen LogP contribution is -2.13. The molecule has 146 valence electrons. The van der Waals surface area contributed by atoms with Crippen LogP contribution in [-0.2, 0) is 0 Å². The van der Waals surface area contributed by atoms with Gasteiger partial charge in [0.25, 0.3) is 5.91 Å². The van der Waals surface area contributed by atoms with Crippen molar-refractivity contribution in [1.82, 2.24) is 0 Å². The zero-order chi connectivity index (χ0) is 19.6. The first-order chi connectivity index (χ1) is 13.1. The molecular formula is C20H25ClN2O4. The average Bonchev–Trinajstić information content (AvgIpc) is 2.67. The van der Waals surface area contributed by atoms with Crippen LogP contribution in [-0.4, -0.2) is 32.3 Å². The molecule has 7 heteroatoms. The van der Waals surface area contributed by atoms with Crippen molar-refractivity contribution in [2.75, 3.05) is 31.7 Å². The number of hydrogen-bond donors (Lipinski definition) is 2. The van der Waals surface area contributed by atoms with E-state index in [-0.39, 0.29) is 5.91 Å². The number of ether oxygens (including phenoxy) is 3. The van der Waals surface area contributed by atoms with Gasteiger partial charge in [0, 0.05) is 17.8 Å². The summed E-state index contributed by atoms with van der Waals surface area (Å²) in [7, 11) is 0. The molecular weight excluding hydrogens is 368 g/mol. The lowest BCUT2D eigenvalue weighted by molar-refractivity contribution is 0.102. The van der Waals surface area contributed by atoms with Crippen LogP contribution < -0.4 is 25.3 Å². The van der Waals surface area contributed by atoms with E-state index < -0.39 is 0 Å². The summed E-state index contributed by atoms with van der Waals surface area (Å²) in [6.07, 6.45) is 0.842. The normalized spacial score (nSPS) is 10.4. The smallest absolute Gasteiger partial charge is 0.255 e. The first-order valence-electron chi connectivity index (χ1n) is 8.92. The molecule has 0 spiro atoms. The predicted octanol–water partition coefficient (Wildman–Crippen LogP) is 4.12. The molecule has 0 radical (unpaired) electrons. The number of carbonyl (C=O) groups is 1. The number of rotatable bonds is 10. The molecule has 2 rings (SSSR count). The van der Waals surface area contributed by atoms with Crippen LogP contribution in [0.4, 0.5) is 5.69 Å². The van der Waals surface area contributed by atoms with Crippen molar-refractivity contribution in [3.05, 3.63) is 47.0 Å². The third-order valence-corrected chi connectivity index (χ3v) is 3.80. The van der Waals surface area contributed by atoms with Crippen LogP contribution in [0, 0.1) is 0 Å². The maximum atomic E-state index is 12.6. The SMILES string of the molecule is CCCOc1c(Cl)cc(C(=O)Nc2ccc(OCCN)cc2)cc1OCC. The number of anilines is 1. The molecule has 0 aliphatic heterocycles. The molecule has 2 aromatic carbocycles. The quantitative estimate of drug-likeness (QED) is 0.635. The summed E-state index contributed by atoms with van der Waals surface area (Å²) >= 11 is 6.31. The highest BCUT2D eigenvalue weighted by Crippen LogP contribution is 2.37. The second-order valence-corrected chi connectivity index (χ2v) is 6.09. The lowest BCUT2D eigenvalue weighted by Gasteiger charge is -2.15. The van der Waals surface area contributed by atoms with Gasteiger partial charge >= 0.3 is 0 Å². The molecule has 0 atom stereocenters. The molecule has 0 saturated carbocycles. The third kappa shape index (κ3) is 6.05. The Morgan fingerprint density at radius 3 is 2.44 bits per heavy atom. The van der Waals surface area contributed by atoms with E-state index in [0.717, 1.165) is 6.42 Å². The van der Waals surface area contributed by atoms with Crippen molar-refractivity contribution in [1.29, 1.82) is 0 Å². The van der Waals surface area contributed by atoms with Crippen LogP contribution in [0.5, 0.6) is 17.2 Å². The van der Waals surface area contributed by atoms with Gasteiger partial charge in [-0.25, -0.2) is 0 Å². The van der Waals surface area contributed by atoms with Crippen LogP contribution in [0.2, 0.25) is 5.02 Å². The first-order valence-corrected chi connectivity index (χ1v) is 9.30. The number of carbonyl (C=O) groups excluding carboxylic acids is 1. The van der Waals surface area contributed by atoms with Gasteiger partial charge in [0.1, 0.15) is 12.4 Å². The van der Waals surface area contributed by atoms with Gasteiger partial charge in [0.05, 0.1) is 18.2 Å². The fourth-order valence-electron chi connectivity index (χ4n) is 2.32. The van der Waals surface area contributed by atoms with Gasteiger partial charge in [-0.15, -0.1) is 0 Å². The Hall–Kier alpha value is -2.44. The van der Waals surface area contributed by atoms with Gasteiger partial charge in [-0.05, 0) is 49.7 Å². The van der Waals surface area contributed by atoms with Gasteiger partial charge in [0.15, 0.2) is 11.5 Å². The molecule has 0 aliphatic rings. The Balaban J connectivity index is 2.15. The van der Waals surface area contributed by atoms with Gasteiger partial charge in [0.2, 0.25) is 0 Å². The molecule has 0 fully saturated rings. The van der Waals surface area contributed by atoms with E-state index in [0.29, 0.717) is 59.9 Å². The van der Waals surface area contributed by atoms with Crippen LogP contribution in [0.3, 0.4) is 0 Å². The maximum Gasteiger partial charge on any atom is 0.255 e. The van der Waals surface area contributed by atoms with Crippen LogP contribution in [0.25, 0.3) is 0 Å². The van der Waals surface area contributed by atoms with Crippen molar-refractivity contribution in [3.8, 4) is 17.2 Å². The van der Waals surface area contributed by atoms with Gasteiger partial charge in [-0.3, -0.25) is 4.79 Å². The van der Waals surface area contributed by atoms with Crippen molar-refractivity contribution in [3.63, 3.8) is 0 Å².